The molecule has 0 spiro atoms. The zero-order chi connectivity index (χ0) is 19.4. The molecule has 146 valence electrons. The standard InChI is InChI=1S/C19H28N6O2/c1-14-16(12-21-19(22-14)23(2)3)18(26)25-8-5-6-15(13-25)17-20-7-9-24(17)10-11-27-4/h7,9,12,15H,5-6,8,10-11,13H2,1-4H3/t15-/m0/s1. The van der Waals surface area contributed by atoms with E-state index in [1.165, 1.54) is 0 Å². The van der Waals surface area contributed by atoms with Gasteiger partial charge in [0.15, 0.2) is 0 Å². The fourth-order valence-corrected chi connectivity index (χ4v) is 3.48. The molecule has 0 aromatic carbocycles. The molecule has 0 bridgehead atoms. The van der Waals surface area contributed by atoms with E-state index in [0.29, 0.717) is 30.4 Å². The van der Waals surface area contributed by atoms with Crippen LogP contribution in [0.15, 0.2) is 18.6 Å². The van der Waals surface area contributed by atoms with E-state index in [2.05, 4.69) is 19.5 Å². The normalized spacial score (nSPS) is 17.2. The summed E-state index contributed by atoms with van der Waals surface area (Å²) >= 11 is 0. The molecule has 0 radical (unpaired) electrons. The second kappa shape index (κ2) is 8.47. The Bertz CT molecular complexity index is 788. The fraction of sp³-hybridized carbons (Fsp3) is 0.579. The number of carbonyl (C=O) groups excluding carboxylic acids is 1. The van der Waals surface area contributed by atoms with Gasteiger partial charge < -0.3 is 19.1 Å². The van der Waals surface area contributed by atoms with Crippen molar-refractivity contribution in [3.8, 4) is 0 Å². The predicted octanol–water partition coefficient (Wildman–Crippen LogP) is 1.71. The summed E-state index contributed by atoms with van der Waals surface area (Å²) in [5.74, 6) is 1.87. The number of methoxy groups -OCH3 is 1. The lowest BCUT2D eigenvalue weighted by Crippen LogP contribution is -2.40. The van der Waals surface area contributed by atoms with Gasteiger partial charge in [-0.25, -0.2) is 15.0 Å². The van der Waals surface area contributed by atoms with Crippen LogP contribution >= 0.6 is 0 Å². The highest BCUT2D eigenvalue weighted by Crippen LogP contribution is 2.27. The number of likely N-dealkylation sites (tertiary alicyclic amines) is 1. The molecule has 3 heterocycles. The molecule has 0 unspecified atom stereocenters. The maximum atomic E-state index is 13.1. The van der Waals surface area contributed by atoms with E-state index in [9.17, 15) is 4.79 Å². The minimum atomic E-state index is -0.00231. The van der Waals surface area contributed by atoms with Crippen LogP contribution in [-0.4, -0.2) is 71.2 Å². The zero-order valence-corrected chi connectivity index (χ0v) is 16.6. The highest BCUT2D eigenvalue weighted by atomic mass is 16.5. The number of anilines is 1. The van der Waals surface area contributed by atoms with Crippen molar-refractivity contribution in [2.45, 2.75) is 32.2 Å². The molecule has 8 heteroatoms. The average molecular weight is 372 g/mol. The molecule has 27 heavy (non-hydrogen) atoms. The van der Waals surface area contributed by atoms with Crippen LogP contribution in [-0.2, 0) is 11.3 Å². The van der Waals surface area contributed by atoms with E-state index in [1.54, 1.807) is 13.3 Å². The van der Waals surface area contributed by atoms with Crippen molar-refractivity contribution in [2.24, 2.45) is 0 Å². The summed E-state index contributed by atoms with van der Waals surface area (Å²) in [6, 6.07) is 0. The molecule has 2 aromatic heterocycles. The highest BCUT2D eigenvalue weighted by molar-refractivity contribution is 5.95. The van der Waals surface area contributed by atoms with Gasteiger partial charge in [-0.3, -0.25) is 4.79 Å². The maximum Gasteiger partial charge on any atom is 0.257 e. The first-order valence-electron chi connectivity index (χ1n) is 9.31. The SMILES string of the molecule is COCCn1ccnc1[C@H]1CCCN(C(=O)c2cnc(N(C)C)nc2C)C1. The topological polar surface area (TPSA) is 76.4 Å². The van der Waals surface area contributed by atoms with Crippen molar-refractivity contribution in [3.63, 3.8) is 0 Å². The van der Waals surface area contributed by atoms with Gasteiger partial charge >= 0.3 is 0 Å². The summed E-state index contributed by atoms with van der Waals surface area (Å²) in [4.78, 5) is 30.1. The molecule has 1 aliphatic heterocycles. The van der Waals surface area contributed by atoms with Gasteiger partial charge in [-0.1, -0.05) is 0 Å². The number of piperidine rings is 1. The number of hydrogen-bond donors (Lipinski definition) is 0. The van der Waals surface area contributed by atoms with Gasteiger partial charge in [0.05, 0.1) is 17.9 Å². The second-order valence-corrected chi connectivity index (χ2v) is 7.13. The summed E-state index contributed by atoms with van der Waals surface area (Å²) in [7, 11) is 5.47. The summed E-state index contributed by atoms with van der Waals surface area (Å²) in [5, 5.41) is 0. The monoisotopic (exact) mass is 372 g/mol. The Morgan fingerprint density at radius 2 is 2.19 bits per heavy atom. The zero-order valence-electron chi connectivity index (χ0n) is 16.6. The first-order chi connectivity index (χ1) is 13.0. The third-order valence-corrected chi connectivity index (χ3v) is 4.95. The predicted molar refractivity (Wildman–Crippen MR) is 103 cm³/mol. The Kier molecular flexibility index (Phi) is 6.05. The Morgan fingerprint density at radius 3 is 2.89 bits per heavy atom. The minimum Gasteiger partial charge on any atom is -0.383 e. The highest BCUT2D eigenvalue weighted by Gasteiger charge is 2.29. The number of rotatable bonds is 6. The average Bonchev–Trinajstić information content (AvgIpc) is 3.14. The van der Waals surface area contributed by atoms with Crippen molar-refractivity contribution in [3.05, 3.63) is 35.7 Å². The van der Waals surface area contributed by atoms with Crippen molar-refractivity contribution >= 4 is 11.9 Å². The molecule has 3 rings (SSSR count). The van der Waals surface area contributed by atoms with Crippen LogP contribution in [0.5, 0.6) is 0 Å². The molecule has 2 aromatic rings. The number of ether oxygens (including phenoxy) is 1. The summed E-state index contributed by atoms with van der Waals surface area (Å²) in [6.07, 6.45) is 7.44. The Morgan fingerprint density at radius 1 is 1.37 bits per heavy atom. The fourth-order valence-electron chi connectivity index (χ4n) is 3.48. The van der Waals surface area contributed by atoms with Crippen molar-refractivity contribution < 1.29 is 9.53 Å². The Hall–Kier alpha value is -2.48. The summed E-state index contributed by atoms with van der Waals surface area (Å²) < 4.78 is 7.31. The van der Waals surface area contributed by atoms with Crippen molar-refractivity contribution in [1.29, 1.82) is 0 Å². The number of nitrogens with zero attached hydrogens (tertiary/aromatic N) is 6. The van der Waals surface area contributed by atoms with Crippen LogP contribution in [0.3, 0.4) is 0 Å². The number of carbonyl (C=O) groups is 1. The number of amides is 1. The quantitative estimate of drug-likeness (QED) is 0.768. The summed E-state index contributed by atoms with van der Waals surface area (Å²) in [5.41, 5.74) is 1.28. The first kappa shape index (κ1) is 19.3. The largest absolute Gasteiger partial charge is 0.383 e. The van der Waals surface area contributed by atoms with Crippen LogP contribution in [0.2, 0.25) is 0 Å². The van der Waals surface area contributed by atoms with E-state index in [-0.39, 0.29) is 11.8 Å². The molecule has 0 aliphatic carbocycles. The molecule has 8 nitrogen and oxygen atoms in total. The molecule has 1 saturated heterocycles. The summed E-state index contributed by atoms with van der Waals surface area (Å²) in [6.45, 7) is 4.70. The van der Waals surface area contributed by atoms with E-state index >= 15 is 0 Å². The Labute approximate surface area is 160 Å². The van der Waals surface area contributed by atoms with Crippen LogP contribution in [0, 0.1) is 6.92 Å². The molecule has 0 N–H and O–H groups in total. The molecule has 1 fully saturated rings. The maximum absolute atomic E-state index is 13.1. The van der Waals surface area contributed by atoms with Crippen LogP contribution < -0.4 is 4.90 Å². The van der Waals surface area contributed by atoms with Gasteiger partial charge in [0.2, 0.25) is 5.95 Å². The first-order valence-corrected chi connectivity index (χ1v) is 9.31. The van der Waals surface area contributed by atoms with Gasteiger partial charge in [0.25, 0.3) is 5.91 Å². The smallest absolute Gasteiger partial charge is 0.257 e. The van der Waals surface area contributed by atoms with Gasteiger partial charge in [-0.15, -0.1) is 0 Å². The number of hydrogen-bond acceptors (Lipinski definition) is 6. The number of imidazole rings is 1. The lowest BCUT2D eigenvalue weighted by molar-refractivity contribution is 0.0701. The van der Waals surface area contributed by atoms with Crippen LogP contribution in [0.1, 0.15) is 40.6 Å². The van der Waals surface area contributed by atoms with E-state index in [1.807, 2.05) is 43.2 Å². The van der Waals surface area contributed by atoms with E-state index < -0.39 is 0 Å². The van der Waals surface area contributed by atoms with Gasteiger partial charge in [0.1, 0.15) is 5.82 Å². The molecule has 1 amide bonds. The van der Waals surface area contributed by atoms with Crippen molar-refractivity contribution in [2.75, 3.05) is 45.8 Å². The Balaban J connectivity index is 1.74. The minimum absolute atomic E-state index is 0.00231. The third-order valence-electron chi connectivity index (χ3n) is 4.95. The lowest BCUT2D eigenvalue weighted by Gasteiger charge is -2.33. The number of aryl methyl sites for hydroxylation is 1. The third kappa shape index (κ3) is 4.27. The molecule has 1 atom stereocenters. The van der Waals surface area contributed by atoms with E-state index in [0.717, 1.165) is 31.8 Å². The van der Waals surface area contributed by atoms with E-state index in [4.69, 9.17) is 4.74 Å². The van der Waals surface area contributed by atoms with Gasteiger partial charge in [0, 0.05) is 65.3 Å². The molecule has 0 saturated carbocycles. The number of aromatic nitrogens is 4. The van der Waals surface area contributed by atoms with Gasteiger partial charge in [-0.05, 0) is 19.8 Å². The van der Waals surface area contributed by atoms with Crippen LogP contribution in [0.25, 0.3) is 0 Å². The lowest BCUT2D eigenvalue weighted by atomic mass is 9.96. The molecular formula is C19H28N6O2. The second-order valence-electron chi connectivity index (χ2n) is 7.13. The van der Waals surface area contributed by atoms with Gasteiger partial charge in [-0.2, -0.15) is 0 Å². The molecule has 1 aliphatic rings. The van der Waals surface area contributed by atoms with Crippen LogP contribution in [0.4, 0.5) is 5.95 Å². The van der Waals surface area contributed by atoms with Crippen molar-refractivity contribution in [1.82, 2.24) is 24.4 Å². The molecular weight excluding hydrogens is 344 g/mol.